The average Bonchev–Trinajstić information content (AvgIpc) is 2.45. The first-order valence-electron chi connectivity index (χ1n) is 7.59. The van der Waals surface area contributed by atoms with Crippen molar-refractivity contribution in [3.63, 3.8) is 0 Å². The minimum Gasteiger partial charge on any atom is -0.379 e. The number of nitrogens with one attached hydrogen (secondary N) is 1. The SMILES string of the molecule is NCCSSCCOCC(CSSCCN)NC1CCC1. The lowest BCUT2D eigenvalue weighted by Gasteiger charge is -2.31. The van der Waals surface area contributed by atoms with Crippen molar-refractivity contribution < 1.29 is 4.74 Å². The first-order valence-corrected chi connectivity index (χ1v) is 12.6. The standard InChI is InChI=1S/C13H29N3OS4/c14-4-7-18-20-9-6-17-10-13(11-21-19-8-5-15)16-12-2-1-3-12/h12-13,16H,1-11,14-15H2. The van der Waals surface area contributed by atoms with E-state index < -0.39 is 0 Å². The average molecular weight is 372 g/mol. The Morgan fingerprint density at radius 1 is 1.00 bits per heavy atom. The Hall–Kier alpha value is 1.24. The smallest absolute Gasteiger partial charge is 0.0628 e. The number of hydrogen-bond donors (Lipinski definition) is 3. The third-order valence-electron chi connectivity index (χ3n) is 3.04. The van der Waals surface area contributed by atoms with Gasteiger partial charge in [-0.05, 0) is 12.8 Å². The minimum atomic E-state index is 0.465. The van der Waals surface area contributed by atoms with Crippen LogP contribution in [-0.4, -0.2) is 61.4 Å². The summed E-state index contributed by atoms with van der Waals surface area (Å²) in [4.78, 5) is 0. The van der Waals surface area contributed by atoms with Gasteiger partial charge in [0.15, 0.2) is 0 Å². The zero-order chi connectivity index (χ0) is 15.2. The van der Waals surface area contributed by atoms with Crippen LogP contribution < -0.4 is 16.8 Å². The first-order chi connectivity index (χ1) is 10.4. The summed E-state index contributed by atoms with van der Waals surface area (Å²) in [5.41, 5.74) is 11.0. The highest BCUT2D eigenvalue weighted by atomic mass is 33.1. The van der Waals surface area contributed by atoms with E-state index in [4.69, 9.17) is 16.2 Å². The topological polar surface area (TPSA) is 73.3 Å². The second-order valence-electron chi connectivity index (χ2n) is 4.89. The molecule has 0 bridgehead atoms. The van der Waals surface area contributed by atoms with Crippen LogP contribution in [0.3, 0.4) is 0 Å². The Morgan fingerprint density at radius 3 is 2.29 bits per heavy atom. The van der Waals surface area contributed by atoms with Crippen molar-refractivity contribution in [2.45, 2.75) is 31.3 Å². The van der Waals surface area contributed by atoms with Crippen molar-refractivity contribution in [2.75, 3.05) is 49.3 Å². The first kappa shape index (κ1) is 20.3. The van der Waals surface area contributed by atoms with Gasteiger partial charge < -0.3 is 21.5 Å². The molecule has 1 atom stereocenters. The van der Waals surface area contributed by atoms with Crippen molar-refractivity contribution in [3.8, 4) is 0 Å². The third-order valence-corrected chi connectivity index (χ3v) is 7.96. The van der Waals surface area contributed by atoms with Crippen LogP contribution in [0.1, 0.15) is 19.3 Å². The molecule has 0 aromatic carbocycles. The fourth-order valence-corrected chi connectivity index (χ4v) is 5.58. The van der Waals surface area contributed by atoms with Gasteiger partial charge in [0.05, 0.1) is 13.2 Å². The molecule has 0 amide bonds. The molecule has 126 valence electrons. The molecule has 1 aliphatic rings. The molecule has 5 N–H and O–H groups in total. The molecule has 1 saturated carbocycles. The number of nitrogens with two attached hydrogens (primary N) is 2. The van der Waals surface area contributed by atoms with E-state index in [2.05, 4.69) is 5.32 Å². The summed E-state index contributed by atoms with van der Waals surface area (Å²) < 4.78 is 5.83. The van der Waals surface area contributed by atoms with E-state index in [1.807, 2.05) is 43.2 Å². The zero-order valence-electron chi connectivity index (χ0n) is 12.6. The Balaban J connectivity index is 2.03. The van der Waals surface area contributed by atoms with Gasteiger partial charge in [0.2, 0.25) is 0 Å². The van der Waals surface area contributed by atoms with Crippen molar-refractivity contribution in [1.82, 2.24) is 5.32 Å². The lowest BCUT2D eigenvalue weighted by Crippen LogP contribution is -2.45. The highest BCUT2D eigenvalue weighted by Gasteiger charge is 2.21. The number of ether oxygens (including phenoxy) is 1. The van der Waals surface area contributed by atoms with Gasteiger partial charge in [-0.15, -0.1) is 0 Å². The fourth-order valence-electron chi connectivity index (χ4n) is 1.77. The molecule has 1 rings (SSSR count). The predicted octanol–water partition coefficient (Wildman–Crippen LogP) is 2.19. The largest absolute Gasteiger partial charge is 0.379 e. The Labute approximate surface area is 145 Å². The highest BCUT2D eigenvalue weighted by molar-refractivity contribution is 8.77. The zero-order valence-corrected chi connectivity index (χ0v) is 15.9. The maximum Gasteiger partial charge on any atom is 0.0628 e. The van der Waals surface area contributed by atoms with Crippen LogP contribution in [0, 0.1) is 0 Å². The lowest BCUT2D eigenvalue weighted by molar-refractivity contribution is 0.121. The van der Waals surface area contributed by atoms with Gasteiger partial charge >= 0.3 is 0 Å². The van der Waals surface area contributed by atoms with E-state index >= 15 is 0 Å². The maximum atomic E-state index is 5.83. The Kier molecular flexibility index (Phi) is 14.3. The molecule has 0 aromatic rings. The van der Waals surface area contributed by atoms with Gasteiger partial charge in [0.25, 0.3) is 0 Å². The molecule has 0 radical (unpaired) electrons. The molecular formula is C13H29N3OS4. The summed E-state index contributed by atoms with van der Waals surface area (Å²) >= 11 is 0. The van der Waals surface area contributed by atoms with E-state index in [1.165, 1.54) is 19.3 Å². The summed E-state index contributed by atoms with van der Waals surface area (Å²) in [6, 6.07) is 1.18. The van der Waals surface area contributed by atoms with Crippen molar-refractivity contribution in [3.05, 3.63) is 0 Å². The summed E-state index contributed by atoms with van der Waals surface area (Å²) in [5.74, 6) is 4.17. The van der Waals surface area contributed by atoms with Crippen LogP contribution in [0.4, 0.5) is 0 Å². The number of hydrogen-bond acceptors (Lipinski definition) is 8. The quantitative estimate of drug-likeness (QED) is 0.299. The van der Waals surface area contributed by atoms with E-state index in [9.17, 15) is 0 Å². The molecule has 0 heterocycles. The Bertz CT molecular complexity index is 235. The predicted molar refractivity (Wildman–Crippen MR) is 103 cm³/mol. The maximum absolute atomic E-state index is 5.83. The molecule has 8 heteroatoms. The van der Waals surface area contributed by atoms with Gasteiger partial charge in [-0.1, -0.05) is 49.6 Å². The van der Waals surface area contributed by atoms with E-state index in [0.717, 1.165) is 49.3 Å². The summed E-state index contributed by atoms with van der Waals surface area (Å²) in [6.07, 6.45) is 4.01. The van der Waals surface area contributed by atoms with E-state index in [0.29, 0.717) is 12.1 Å². The normalized spacial score (nSPS) is 16.9. The van der Waals surface area contributed by atoms with Crippen LogP contribution >= 0.6 is 43.2 Å². The monoisotopic (exact) mass is 371 g/mol. The molecule has 1 aliphatic carbocycles. The van der Waals surface area contributed by atoms with Crippen LogP contribution in [-0.2, 0) is 4.74 Å². The molecule has 21 heavy (non-hydrogen) atoms. The summed E-state index contributed by atoms with van der Waals surface area (Å²) in [7, 11) is 7.46. The number of rotatable bonds is 15. The lowest BCUT2D eigenvalue weighted by atomic mass is 9.92. The molecule has 1 fully saturated rings. The Morgan fingerprint density at radius 2 is 1.67 bits per heavy atom. The fraction of sp³-hybridized carbons (Fsp3) is 1.00. The van der Waals surface area contributed by atoms with Crippen molar-refractivity contribution in [2.24, 2.45) is 11.5 Å². The summed E-state index contributed by atoms with van der Waals surface area (Å²) in [6.45, 7) is 3.15. The second kappa shape index (κ2) is 14.8. The van der Waals surface area contributed by atoms with Gasteiger partial charge in [-0.25, -0.2) is 0 Å². The highest BCUT2D eigenvalue weighted by Crippen LogP contribution is 2.24. The summed E-state index contributed by atoms with van der Waals surface area (Å²) in [5, 5.41) is 3.72. The van der Waals surface area contributed by atoms with E-state index in [-0.39, 0.29) is 0 Å². The molecule has 0 aromatic heterocycles. The van der Waals surface area contributed by atoms with Gasteiger partial charge in [0.1, 0.15) is 0 Å². The van der Waals surface area contributed by atoms with Crippen LogP contribution in [0.15, 0.2) is 0 Å². The van der Waals surface area contributed by atoms with Crippen LogP contribution in [0.2, 0.25) is 0 Å². The van der Waals surface area contributed by atoms with Gasteiger partial charge in [0, 0.05) is 48.2 Å². The molecule has 0 aliphatic heterocycles. The van der Waals surface area contributed by atoms with Gasteiger partial charge in [-0.2, -0.15) is 0 Å². The molecule has 4 nitrogen and oxygen atoms in total. The molecule has 0 saturated heterocycles. The van der Waals surface area contributed by atoms with Crippen LogP contribution in [0.25, 0.3) is 0 Å². The second-order valence-corrected chi connectivity index (χ2v) is 10.2. The van der Waals surface area contributed by atoms with E-state index in [1.54, 1.807) is 0 Å². The third kappa shape index (κ3) is 11.4. The minimum absolute atomic E-state index is 0.465. The molecular weight excluding hydrogens is 342 g/mol. The van der Waals surface area contributed by atoms with Crippen molar-refractivity contribution in [1.29, 1.82) is 0 Å². The van der Waals surface area contributed by atoms with Crippen molar-refractivity contribution >= 4 is 43.2 Å². The van der Waals surface area contributed by atoms with Crippen LogP contribution in [0.5, 0.6) is 0 Å². The molecule has 1 unspecified atom stereocenters. The van der Waals surface area contributed by atoms with Gasteiger partial charge in [-0.3, -0.25) is 0 Å². The molecule has 0 spiro atoms.